The van der Waals surface area contributed by atoms with Crippen LogP contribution in [-0.2, 0) is 4.74 Å². The minimum Gasteiger partial charge on any atom is -0.493 e. The highest BCUT2D eigenvalue weighted by Gasteiger charge is 1.95. The Balaban J connectivity index is 4.28. The van der Waals surface area contributed by atoms with Crippen molar-refractivity contribution < 1.29 is 4.74 Å². The van der Waals surface area contributed by atoms with Crippen molar-refractivity contribution in [2.45, 2.75) is 26.7 Å². The van der Waals surface area contributed by atoms with Crippen LogP contribution in [0.5, 0.6) is 0 Å². The van der Waals surface area contributed by atoms with E-state index in [-0.39, 0.29) is 0 Å². The maximum atomic E-state index is 5.67. The molecule has 94 valence electrons. The summed E-state index contributed by atoms with van der Waals surface area (Å²) in [6.07, 6.45) is 15.6. The molecule has 0 atom stereocenters. The van der Waals surface area contributed by atoms with Crippen LogP contribution in [0.1, 0.15) is 26.7 Å². The van der Waals surface area contributed by atoms with Crippen LogP contribution in [0.15, 0.2) is 61.4 Å². The monoisotopic (exact) mass is 232 g/mol. The molecular weight excluding hydrogens is 208 g/mol. The summed E-state index contributed by atoms with van der Waals surface area (Å²) in [7, 11) is 0. The smallest absolute Gasteiger partial charge is 0.119 e. The number of allylic oxidation sites excluding steroid dienone is 7. The van der Waals surface area contributed by atoms with E-state index in [0.717, 1.165) is 25.2 Å². The van der Waals surface area contributed by atoms with Crippen LogP contribution in [0.2, 0.25) is 0 Å². The highest BCUT2D eigenvalue weighted by atomic mass is 16.5. The van der Waals surface area contributed by atoms with Crippen molar-refractivity contribution in [3.05, 3.63) is 61.4 Å². The second-order valence-electron chi connectivity index (χ2n) is 4.16. The Morgan fingerprint density at radius 3 is 2.53 bits per heavy atom. The number of ether oxygens (including phenoxy) is 1. The van der Waals surface area contributed by atoms with Gasteiger partial charge in [-0.3, -0.25) is 0 Å². The van der Waals surface area contributed by atoms with Crippen molar-refractivity contribution in [1.29, 1.82) is 0 Å². The first-order valence-corrected chi connectivity index (χ1v) is 6.10. The molecule has 0 aliphatic rings. The van der Waals surface area contributed by atoms with E-state index >= 15 is 0 Å². The van der Waals surface area contributed by atoms with Crippen LogP contribution >= 0.6 is 0 Å². The van der Waals surface area contributed by atoms with Crippen molar-refractivity contribution in [2.75, 3.05) is 6.61 Å². The van der Waals surface area contributed by atoms with Gasteiger partial charge in [0.15, 0.2) is 0 Å². The van der Waals surface area contributed by atoms with Gasteiger partial charge in [-0.2, -0.15) is 0 Å². The summed E-state index contributed by atoms with van der Waals surface area (Å²) in [5.74, 6) is 1.40. The SMILES string of the molecule is C=C\C=C/C(=C\C=C/CCC=C)OCC(C)C. The van der Waals surface area contributed by atoms with E-state index in [1.807, 2.05) is 30.4 Å². The summed E-state index contributed by atoms with van der Waals surface area (Å²) >= 11 is 0. The van der Waals surface area contributed by atoms with E-state index in [1.165, 1.54) is 0 Å². The molecule has 17 heavy (non-hydrogen) atoms. The minimum atomic E-state index is 0.528. The Hall–Kier alpha value is -1.50. The molecule has 0 heterocycles. The number of hydrogen-bond donors (Lipinski definition) is 0. The molecule has 0 N–H and O–H groups in total. The van der Waals surface area contributed by atoms with Gasteiger partial charge in [-0.1, -0.05) is 50.8 Å². The average Bonchev–Trinajstić information content (AvgIpc) is 2.31. The second-order valence-corrected chi connectivity index (χ2v) is 4.16. The van der Waals surface area contributed by atoms with Crippen LogP contribution in [0.3, 0.4) is 0 Å². The van der Waals surface area contributed by atoms with E-state index < -0.39 is 0 Å². The van der Waals surface area contributed by atoms with Crippen LogP contribution < -0.4 is 0 Å². The Morgan fingerprint density at radius 1 is 1.18 bits per heavy atom. The van der Waals surface area contributed by atoms with E-state index in [4.69, 9.17) is 4.74 Å². The molecule has 0 aromatic heterocycles. The fraction of sp³-hybridized carbons (Fsp3) is 0.375. The third-order valence-corrected chi connectivity index (χ3v) is 1.91. The lowest BCUT2D eigenvalue weighted by atomic mass is 10.2. The molecule has 0 aliphatic carbocycles. The average molecular weight is 232 g/mol. The predicted molar refractivity (Wildman–Crippen MR) is 76.8 cm³/mol. The standard InChI is InChI=1S/C16H24O/c1-5-7-9-10-11-13-16(12-8-6-2)17-14-15(3)4/h5-6,8,10-13,15H,1-2,7,9,14H2,3-4H3/b11-10-,12-8-,16-13+. The summed E-state index contributed by atoms with van der Waals surface area (Å²) in [6.45, 7) is 12.3. The fourth-order valence-electron chi connectivity index (χ4n) is 1.05. The van der Waals surface area contributed by atoms with Gasteiger partial charge in [0.05, 0.1) is 6.61 Å². The number of hydrogen-bond acceptors (Lipinski definition) is 1. The molecular formula is C16H24O. The topological polar surface area (TPSA) is 9.23 Å². The van der Waals surface area contributed by atoms with Crippen molar-refractivity contribution in [3.63, 3.8) is 0 Å². The highest BCUT2D eigenvalue weighted by Crippen LogP contribution is 2.05. The highest BCUT2D eigenvalue weighted by molar-refractivity contribution is 5.21. The first-order chi connectivity index (χ1) is 8.20. The van der Waals surface area contributed by atoms with Gasteiger partial charge in [-0.15, -0.1) is 6.58 Å². The summed E-state index contributed by atoms with van der Waals surface area (Å²) in [5.41, 5.74) is 0. The van der Waals surface area contributed by atoms with Crippen LogP contribution in [0.4, 0.5) is 0 Å². The van der Waals surface area contributed by atoms with Gasteiger partial charge >= 0.3 is 0 Å². The van der Waals surface area contributed by atoms with Crippen molar-refractivity contribution in [2.24, 2.45) is 5.92 Å². The molecule has 0 radical (unpaired) electrons. The van der Waals surface area contributed by atoms with Crippen molar-refractivity contribution >= 4 is 0 Å². The zero-order valence-corrected chi connectivity index (χ0v) is 11.1. The summed E-state index contributed by atoms with van der Waals surface area (Å²) in [6, 6.07) is 0. The van der Waals surface area contributed by atoms with Crippen molar-refractivity contribution in [3.8, 4) is 0 Å². The predicted octanol–water partition coefficient (Wildman–Crippen LogP) is 4.81. The Bertz CT molecular complexity index is 293. The first kappa shape index (κ1) is 15.5. The zero-order valence-electron chi connectivity index (χ0n) is 11.1. The summed E-state index contributed by atoms with van der Waals surface area (Å²) in [4.78, 5) is 0. The van der Waals surface area contributed by atoms with Gasteiger partial charge in [0.25, 0.3) is 0 Å². The molecule has 0 amide bonds. The molecule has 0 saturated heterocycles. The normalized spacial score (nSPS) is 12.5. The Labute approximate surface area is 106 Å². The van der Waals surface area contributed by atoms with Crippen LogP contribution in [0.25, 0.3) is 0 Å². The maximum absolute atomic E-state index is 5.67. The van der Waals surface area contributed by atoms with Crippen molar-refractivity contribution in [1.82, 2.24) is 0 Å². The van der Waals surface area contributed by atoms with Gasteiger partial charge in [0, 0.05) is 0 Å². The molecule has 0 aromatic rings. The molecule has 0 rings (SSSR count). The van der Waals surface area contributed by atoms with Gasteiger partial charge in [0.2, 0.25) is 0 Å². The molecule has 0 saturated carbocycles. The third-order valence-electron chi connectivity index (χ3n) is 1.91. The van der Waals surface area contributed by atoms with Crippen LogP contribution in [0, 0.1) is 5.92 Å². The molecule has 1 nitrogen and oxygen atoms in total. The maximum Gasteiger partial charge on any atom is 0.119 e. The largest absolute Gasteiger partial charge is 0.493 e. The molecule has 0 spiro atoms. The number of unbranched alkanes of at least 4 members (excludes halogenated alkanes) is 1. The second kappa shape index (κ2) is 11.0. The molecule has 0 aliphatic heterocycles. The lowest BCUT2D eigenvalue weighted by molar-refractivity contribution is 0.190. The quantitative estimate of drug-likeness (QED) is 0.240. The first-order valence-electron chi connectivity index (χ1n) is 6.10. The van der Waals surface area contributed by atoms with Gasteiger partial charge < -0.3 is 4.74 Å². The minimum absolute atomic E-state index is 0.528. The zero-order chi connectivity index (χ0) is 12.9. The van der Waals surface area contributed by atoms with E-state index in [1.54, 1.807) is 6.08 Å². The van der Waals surface area contributed by atoms with E-state index in [9.17, 15) is 0 Å². The lowest BCUT2D eigenvalue weighted by Crippen LogP contribution is -2.00. The van der Waals surface area contributed by atoms with Crippen LogP contribution in [-0.4, -0.2) is 6.61 Å². The molecule has 0 unspecified atom stereocenters. The van der Waals surface area contributed by atoms with Gasteiger partial charge in [-0.05, 0) is 30.9 Å². The molecule has 0 aromatic carbocycles. The fourth-order valence-corrected chi connectivity index (χ4v) is 1.05. The summed E-state index contributed by atoms with van der Waals surface area (Å²) < 4.78 is 5.67. The van der Waals surface area contributed by atoms with Gasteiger partial charge in [0.1, 0.15) is 5.76 Å². The van der Waals surface area contributed by atoms with Gasteiger partial charge in [-0.25, -0.2) is 0 Å². The van der Waals surface area contributed by atoms with E-state index in [0.29, 0.717) is 5.92 Å². The molecule has 0 fully saturated rings. The molecule has 1 heteroatoms. The Morgan fingerprint density at radius 2 is 1.94 bits per heavy atom. The summed E-state index contributed by atoms with van der Waals surface area (Å²) in [5, 5.41) is 0. The van der Waals surface area contributed by atoms with E-state index in [2.05, 4.69) is 33.1 Å². The number of rotatable bonds is 9. The Kier molecular flexibility index (Phi) is 10.0. The molecule has 0 bridgehead atoms. The third kappa shape index (κ3) is 10.8. The lowest BCUT2D eigenvalue weighted by Gasteiger charge is -2.08.